The van der Waals surface area contributed by atoms with E-state index in [1.165, 1.54) is 0 Å². The summed E-state index contributed by atoms with van der Waals surface area (Å²) >= 11 is 0. The largest absolute Gasteiger partial charge is 0.342 e. The average molecular weight is 152 g/mol. The molecule has 0 aromatic carbocycles. The highest BCUT2D eigenvalue weighted by molar-refractivity contribution is 4.62. The van der Waals surface area contributed by atoms with Gasteiger partial charge in [-0.2, -0.15) is 8.78 Å². The molecular weight excluding hydrogens is 138 g/mol. The zero-order valence-corrected chi connectivity index (χ0v) is 6.11. The molecule has 1 saturated heterocycles. The van der Waals surface area contributed by atoms with Gasteiger partial charge < -0.3 is 10.6 Å². The number of hydrogen-bond acceptors (Lipinski definition) is 0. The number of alkyl halides is 2. The van der Waals surface area contributed by atoms with Crippen LogP contribution in [0.3, 0.4) is 0 Å². The summed E-state index contributed by atoms with van der Waals surface area (Å²) < 4.78 is 25.2. The number of hydrogen-bond donors (Lipinski definition) is 2. The molecule has 1 unspecified atom stereocenters. The van der Waals surface area contributed by atoms with E-state index in [1.807, 2.05) is 6.92 Å². The molecule has 1 heterocycles. The van der Waals surface area contributed by atoms with E-state index in [2.05, 4.69) is 0 Å². The Labute approximate surface area is 59.0 Å². The van der Waals surface area contributed by atoms with Crippen LogP contribution in [-0.2, 0) is 0 Å². The predicted octanol–water partition coefficient (Wildman–Crippen LogP) is -1.85. The first-order chi connectivity index (χ1) is 4.60. The van der Waals surface area contributed by atoms with Gasteiger partial charge in [0.05, 0.1) is 0 Å². The summed E-state index contributed by atoms with van der Waals surface area (Å²) in [6.45, 7) is 2.67. The van der Waals surface area contributed by atoms with Gasteiger partial charge in [0.2, 0.25) is 0 Å². The van der Waals surface area contributed by atoms with E-state index in [0.717, 1.165) is 6.54 Å². The first kappa shape index (κ1) is 7.88. The minimum atomic E-state index is -2.47. The zero-order chi connectivity index (χ0) is 7.61. The third-order valence-electron chi connectivity index (χ3n) is 1.80. The van der Waals surface area contributed by atoms with Gasteiger partial charge in [-0.1, -0.05) is 0 Å². The van der Waals surface area contributed by atoms with Crippen molar-refractivity contribution in [3.8, 4) is 0 Å². The van der Waals surface area contributed by atoms with E-state index < -0.39 is 5.92 Å². The van der Waals surface area contributed by atoms with Crippen molar-refractivity contribution in [1.82, 2.24) is 0 Å². The lowest BCUT2D eigenvalue weighted by Gasteiger charge is -2.07. The summed E-state index contributed by atoms with van der Waals surface area (Å²) in [4.78, 5) is 0. The molecule has 4 heteroatoms. The zero-order valence-electron chi connectivity index (χ0n) is 6.11. The normalized spacial score (nSPS) is 33.3. The predicted molar refractivity (Wildman–Crippen MR) is 32.9 cm³/mol. The molecule has 60 valence electrons. The van der Waals surface area contributed by atoms with Crippen molar-refractivity contribution in [2.45, 2.75) is 18.9 Å². The molecule has 10 heavy (non-hydrogen) atoms. The van der Waals surface area contributed by atoms with Crippen LogP contribution in [0.4, 0.5) is 8.78 Å². The molecule has 0 aromatic heterocycles. The van der Waals surface area contributed by atoms with Crippen molar-refractivity contribution < 1.29 is 19.4 Å². The molecule has 2 nitrogen and oxygen atoms in total. The van der Waals surface area contributed by atoms with Crippen LogP contribution < -0.4 is 10.6 Å². The fourth-order valence-electron chi connectivity index (χ4n) is 1.11. The van der Waals surface area contributed by atoms with Crippen LogP contribution in [0.5, 0.6) is 0 Å². The smallest absolute Gasteiger partial charge is 0.336 e. The highest BCUT2D eigenvalue weighted by Gasteiger charge is 2.36. The number of rotatable bonds is 0. The van der Waals surface area contributed by atoms with Crippen LogP contribution in [0.15, 0.2) is 0 Å². The lowest BCUT2D eigenvalue weighted by Crippen LogP contribution is -2.95. The Morgan fingerprint density at radius 1 is 1.40 bits per heavy atom. The van der Waals surface area contributed by atoms with Crippen LogP contribution in [0.2, 0.25) is 0 Å². The molecule has 4 N–H and O–H groups in total. The van der Waals surface area contributed by atoms with Gasteiger partial charge in [0.25, 0.3) is 0 Å². The van der Waals surface area contributed by atoms with E-state index in [-0.39, 0.29) is 13.1 Å². The van der Waals surface area contributed by atoms with Crippen LogP contribution in [-0.4, -0.2) is 31.6 Å². The Morgan fingerprint density at radius 2 is 2.10 bits per heavy atom. The Balaban J connectivity index is 2.41. The van der Waals surface area contributed by atoms with E-state index >= 15 is 0 Å². The van der Waals surface area contributed by atoms with Crippen LogP contribution in [0, 0.1) is 0 Å². The Hall–Kier alpha value is -0.220. The molecule has 0 radical (unpaired) electrons. The molecule has 0 spiro atoms. The lowest BCUT2D eigenvalue weighted by atomic mass is 10.3. The third-order valence-corrected chi connectivity index (χ3v) is 1.80. The molecule has 1 fully saturated rings. The summed E-state index contributed by atoms with van der Waals surface area (Å²) in [5.74, 6) is -2.47. The van der Waals surface area contributed by atoms with Gasteiger partial charge in [-0.05, 0) is 6.92 Å². The van der Waals surface area contributed by atoms with Gasteiger partial charge in [-0.3, -0.25) is 0 Å². The molecule has 0 bridgehead atoms. The standard InChI is InChI=1S/C6H12F2N2/c1-5-2-9-3-6(7,8)4-10-5/h5,9-10H,2-4H2,1H3/p+2. The van der Waals surface area contributed by atoms with E-state index in [9.17, 15) is 8.78 Å². The minimum Gasteiger partial charge on any atom is -0.336 e. The van der Waals surface area contributed by atoms with Crippen LogP contribution >= 0.6 is 0 Å². The number of quaternary nitrogens is 2. The van der Waals surface area contributed by atoms with E-state index in [0.29, 0.717) is 6.04 Å². The third kappa shape index (κ3) is 2.19. The van der Waals surface area contributed by atoms with Crippen molar-refractivity contribution in [2.75, 3.05) is 19.6 Å². The summed E-state index contributed by atoms with van der Waals surface area (Å²) in [6, 6.07) is 0.327. The van der Waals surface area contributed by atoms with Crippen LogP contribution in [0.1, 0.15) is 6.92 Å². The molecule has 1 atom stereocenters. The Morgan fingerprint density at radius 3 is 2.80 bits per heavy atom. The molecule has 0 saturated carbocycles. The van der Waals surface area contributed by atoms with Gasteiger partial charge in [0, 0.05) is 0 Å². The van der Waals surface area contributed by atoms with Gasteiger partial charge in [-0.25, -0.2) is 0 Å². The van der Waals surface area contributed by atoms with Crippen LogP contribution in [0.25, 0.3) is 0 Å². The topological polar surface area (TPSA) is 33.2 Å². The van der Waals surface area contributed by atoms with E-state index in [1.54, 1.807) is 10.6 Å². The quantitative estimate of drug-likeness (QED) is 0.408. The molecule has 1 aliphatic heterocycles. The molecule has 1 aliphatic rings. The van der Waals surface area contributed by atoms with Gasteiger partial charge in [0.15, 0.2) is 0 Å². The number of halogens is 2. The maximum absolute atomic E-state index is 12.6. The number of nitrogens with two attached hydrogens (primary N) is 2. The first-order valence-corrected chi connectivity index (χ1v) is 3.63. The molecule has 0 aromatic rings. The summed E-state index contributed by atoms with van der Waals surface area (Å²) in [6.07, 6.45) is 0. The summed E-state index contributed by atoms with van der Waals surface area (Å²) in [7, 11) is 0. The van der Waals surface area contributed by atoms with Crippen molar-refractivity contribution in [2.24, 2.45) is 0 Å². The van der Waals surface area contributed by atoms with Gasteiger partial charge in [-0.15, -0.1) is 0 Å². The summed E-state index contributed by atoms with van der Waals surface area (Å²) in [5, 5.41) is 3.40. The van der Waals surface area contributed by atoms with Gasteiger partial charge >= 0.3 is 5.92 Å². The van der Waals surface area contributed by atoms with E-state index in [4.69, 9.17) is 0 Å². The van der Waals surface area contributed by atoms with Crippen molar-refractivity contribution >= 4 is 0 Å². The highest BCUT2D eigenvalue weighted by Crippen LogP contribution is 2.06. The average Bonchev–Trinajstić information content (AvgIpc) is 1.94. The first-order valence-electron chi connectivity index (χ1n) is 3.63. The monoisotopic (exact) mass is 152 g/mol. The molecule has 1 rings (SSSR count). The minimum absolute atomic E-state index is 0.0478. The SMILES string of the molecule is CC1C[NH2+]CC(F)(F)C[NH2+]1. The summed E-state index contributed by atoms with van der Waals surface area (Å²) in [5.41, 5.74) is 0. The maximum atomic E-state index is 12.6. The maximum Gasteiger partial charge on any atom is 0.342 e. The van der Waals surface area contributed by atoms with Crippen molar-refractivity contribution in [1.29, 1.82) is 0 Å². The molecule has 0 amide bonds. The highest BCUT2D eigenvalue weighted by atomic mass is 19.3. The van der Waals surface area contributed by atoms with Crippen molar-refractivity contribution in [3.63, 3.8) is 0 Å². The van der Waals surface area contributed by atoms with Gasteiger partial charge in [0.1, 0.15) is 25.7 Å². The lowest BCUT2D eigenvalue weighted by molar-refractivity contribution is -0.724. The second-order valence-electron chi connectivity index (χ2n) is 3.00. The molecular formula is C6H14F2N2+2. The Bertz CT molecular complexity index is 116. The second-order valence-corrected chi connectivity index (χ2v) is 3.00. The second kappa shape index (κ2) is 2.80. The Kier molecular flexibility index (Phi) is 2.21. The fraction of sp³-hybridized carbons (Fsp3) is 1.00. The van der Waals surface area contributed by atoms with Crippen molar-refractivity contribution in [3.05, 3.63) is 0 Å². The molecule has 0 aliphatic carbocycles. The fourth-order valence-corrected chi connectivity index (χ4v) is 1.11.